The third kappa shape index (κ3) is 2.44. The van der Waals surface area contributed by atoms with Crippen LogP contribution >= 0.6 is 0 Å². The standard InChI is InChI=1S/C18H15N3O4/c22-17-13-5-1-2-6-14(13)18(23)20(17)12-9-11(10-12)19-15-7-3-4-8-16(15)21(24)25/h1-8,11-12,19H,9-10H2. The first-order chi connectivity index (χ1) is 12.1. The van der Waals surface area contributed by atoms with E-state index in [0.29, 0.717) is 29.7 Å². The molecule has 1 fully saturated rings. The van der Waals surface area contributed by atoms with Crippen molar-refractivity contribution in [1.29, 1.82) is 0 Å². The Balaban J connectivity index is 1.45. The van der Waals surface area contributed by atoms with E-state index >= 15 is 0 Å². The molecule has 2 aromatic carbocycles. The van der Waals surface area contributed by atoms with Crippen LogP contribution in [0.4, 0.5) is 11.4 Å². The Bertz CT molecular complexity index is 854. The van der Waals surface area contributed by atoms with Gasteiger partial charge in [-0.2, -0.15) is 0 Å². The molecule has 7 heteroatoms. The van der Waals surface area contributed by atoms with Gasteiger partial charge in [-0.25, -0.2) is 0 Å². The van der Waals surface area contributed by atoms with Gasteiger partial charge in [-0.15, -0.1) is 0 Å². The lowest BCUT2D eigenvalue weighted by Crippen LogP contribution is -2.52. The molecule has 4 rings (SSSR count). The van der Waals surface area contributed by atoms with Crippen LogP contribution in [0.15, 0.2) is 48.5 Å². The molecule has 2 aliphatic rings. The van der Waals surface area contributed by atoms with Gasteiger partial charge in [0.15, 0.2) is 0 Å². The fourth-order valence-corrected chi connectivity index (χ4v) is 3.43. The highest BCUT2D eigenvalue weighted by atomic mass is 16.6. The highest BCUT2D eigenvalue weighted by molar-refractivity contribution is 6.21. The Hall–Kier alpha value is -3.22. The lowest BCUT2D eigenvalue weighted by atomic mass is 9.85. The van der Waals surface area contributed by atoms with Crippen LogP contribution in [-0.2, 0) is 0 Å². The number of benzene rings is 2. The summed E-state index contributed by atoms with van der Waals surface area (Å²) in [6.07, 6.45) is 1.16. The van der Waals surface area contributed by atoms with Crippen LogP contribution in [0.2, 0.25) is 0 Å². The van der Waals surface area contributed by atoms with Crippen LogP contribution in [0.25, 0.3) is 0 Å². The molecule has 1 aliphatic heterocycles. The zero-order valence-corrected chi connectivity index (χ0v) is 13.2. The van der Waals surface area contributed by atoms with Crippen LogP contribution in [0.1, 0.15) is 33.6 Å². The molecule has 0 saturated heterocycles. The maximum absolute atomic E-state index is 12.4. The molecule has 0 radical (unpaired) electrons. The quantitative estimate of drug-likeness (QED) is 0.526. The molecule has 1 saturated carbocycles. The molecule has 1 aliphatic carbocycles. The van der Waals surface area contributed by atoms with E-state index in [9.17, 15) is 19.7 Å². The number of imide groups is 1. The SMILES string of the molecule is O=C1c2ccccc2C(=O)N1C1CC(Nc2ccccc2[N+](=O)[O-])C1. The maximum Gasteiger partial charge on any atom is 0.292 e. The molecule has 7 nitrogen and oxygen atoms in total. The lowest BCUT2D eigenvalue weighted by molar-refractivity contribution is -0.384. The fraction of sp³-hybridized carbons (Fsp3) is 0.222. The zero-order valence-electron chi connectivity index (χ0n) is 13.2. The van der Waals surface area contributed by atoms with Gasteiger partial charge >= 0.3 is 0 Å². The highest BCUT2D eigenvalue weighted by Crippen LogP contribution is 2.35. The molecular weight excluding hydrogens is 322 g/mol. The molecule has 2 aromatic rings. The van der Waals surface area contributed by atoms with Crippen LogP contribution in [0, 0.1) is 10.1 Å². The van der Waals surface area contributed by atoms with Gasteiger partial charge in [-0.05, 0) is 31.0 Å². The smallest absolute Gasteiger partial charge is 0.292 e. The molecule has 25 heavy (non-hydrogen) atoms. The van der Waals surface area contributed by atoms with E-state index in [4.69, 9.17) is 0 Å². The van der Waals surface area contributed by atoms with Crippen molar-refractivity contribution in [3.05, 3.63) is 69.8 Å². The summed E-state index contributed by atoms with van der Waals surface area (Å²) in [5, 5.41) is 14.2. The Labute approximate surface area is 143 Å². The van der Waals surface area contributed by atoms with Crippen molar-refractivity contribution in [1.82, 2.24) is 4.90 Å². The average molecular weight is 337 g/mol. The van der Waals surface area contributed by atoms with E-state index in [1.165, 1.54) is 11.0 Å². The predicted molar refractivity (Wildman–Crippen MR) is 90.5 cm³/mol. The zero-order chi connectivity index (χ0) is 17.6. The minimum absolute atomic E-state index is 0.00425. The number of rotatable bonds is 4. The van der Waals surface area contributed by atoms with Crippen LogP contribution in [-0.4, -0.2) is 33.7 Å². The van der Waals surface area contributed by atoms with Gasteiger partial charge in [-0.3, -0.25) is 24.6 Å². The molecule has 0 bridgehead atoms. The van der Waals surface area contributed by atoms with Gasteiger partial charge in [0.1, 0.15) is 5.69 Å². The topological polar surface area (TPSA) is 92.6 Å². The number of hydrogen-bond donors (Lipinski definition) is 1. The average Bonchev–Trinajstić information content (AvgIpc) is 2.83. The molecule has 0 spiro atoms. The summed E-state index contributed by atoms with van der Waals surface area (Å²) >= 11 is 0. The van der Waals surface area contributed by atoms with Crippen molar-refractivity contribution < 1.29 is 14.5 Å². The number of carbonyl (C=O) groups is 2. The van der Waals surface area contributed by atoms with Gasteiger partial charge in [-0.1, -0.05) is 24.3 Å². The maximum atomic E-state index is 12.4. The number of hydrogen-bond acceptors (Lipinski definition) is 5. The summed E-state index contributed by atoms with van der Waals surface area (Å²) in [4.78, 5) is 36.8. The Morgan fingerprint density at radius 3 is 2.12 bits per heavy atom. The summed E-state index contributed by atoms with van der Waals surface area (Å²) in [6, 6.07) is 13.1. The van der Waals surface area contributed by atoms with Gasteiger partial charge in [0.05, 0.1) is 16.1 Å². The summed E-state index contributed by atoms with van der Waals surface area (Å²) in [7, 11) is 0. The molecule has 0 aromatic heterocycles. The second-order valence-electron chi connectivity index (χ2n) is 6.27. The minimum Gasteiger partial charge on any atom is -0.377 e. The van der Waals surface area contributed by atoms with Gasteiger partial charge in [0, 0.05) is 18.2 Å². The van der Waals surface area contributed by atoms with E-state index in [2.05, 4.69) is 5.32 Å². The Morgan fingerprint density at radius 1 is 0.960 bits per heavy atom. The molecule has 0 unspecified atom stereocenters. The Kier molecular flexibility index (Phi) is 3.49. The molecule has 1 heterocycles. The second-order valence-corrected chi connectivity index (χ2v) is 6.27. The van der Waals surface area contributed by atoms with E-state index < -0.39 is 4.92 Å². The van der Waals surface area contributed by atoms with E-state index in [0.717, 1.165) is 0 Å². The van der Waals surface area contributed by atoms with Crippen LogP contribution in [0.5, 0.6) is 0 Å². The van der Waals surface area contributed by atoms with Gasteiger partial charge < -0.3 is 5.32 Å². The lowest BCUT2D eigenvalue weighted by Gasteiger charge is -2.40. The van der Waals surface area contributed by atoms with E-state index in [-0.39, 0.29) is 29.6 Å². The van der Waals surface area contributed by atoms with Gasteiger partial charge in [0.2, 0.25) is 0 Å². The second kappa shape index (κ2) is 5.70. The van der Waals surface area contributed by atoms with Gasteiger partial charge in [0.25, 0.3) is 17.5 Å². The third-order valence-electron chi connectivity index (χ3n) is 4.76. The minimum atomic E-state index is -0.428. The normalized spacial score (nSPS) is 21.7. The molecule has 126 valence electrons. The first-order valence-corrected chi connectivity index (χ1v) is 8.03. The van der Waals surface area contributed by atoms with Crippen molar-refractivity contribution in [3.8, 4) is 0 Å². The number of para-hydroxylation sites is 2. The number of nitro benzene ring substituents is 1. The number of amides is 2. The fourth-order valence-electron chi connectivity index (χ4n) is 3.43. The van der Waals surface area contributed by atoms with E-state index in [1.54, 1.807) is 42.5 Å². The summed E-state index contributed by atoms with van der Waals surface area (Å²) < 4.78 is 0. The first-order valence-electron chi connectivity index (χ1n) is 8.03. The van der Waals surface area contributed by atoms with Crippen molar-refractivity contribution in [2.75, 3.05) is 5.32 Å². The van der Waals surface area contributed by atoms with Crippen LogP contribution < -0.4 is 5.32 Å². The highest BCUT2D eigenvalue weighted by Gasteiger charge is 2.45. The monoisotopic (exact) mass is 337 g/mol. The number of nitrogens with one attached hydrogen (secondary N) is 1. The summed E-state index contributed by atoms with van der Waals surface area (Å²) in [5.41, 5.74) is 1.37. The first kappa shape index (κ1) is 15.3. The van der Waals surface area contributed by atoms with E-state index in [1.807, 2.05) is 0 Å². The molecular formula is C18H15N3O4. The number of nitrogens with zero attached hydrogens (tertiary/aromatic N) is 2. The largest absolute Gasteiger partial charge is 0.377 e. The number of fused-ring (bicyclic) bond motifs is 1. The predicted octanol–water partition coefficient (Wildman–Crippen LogP) is 2.83. The van der Waals surface area contributed by atoms with Crippen LogP contribution in [0.3, 0.4) is 0 Å². The number of carbonyl (C=O) groups excluding carboxylic acids is 2. The third-order valence-corrected chi connectivity index (χ3v) is 4.76. The van der Waals surface area contributed by atoms with Crippen molar-refractivity contribution in [3.63, 3.8) is 0 Å². The number of anilines is 1. The van der Waals surface area contributed by atoms with Crippen molar-refractivity contribution in [2.24, 2.45) is 0 Å². The van der Waals surface area contributed by atoms with Crippen molar-refractivity contribution in [2.45, 2.75) is 24.9 Å². The molecule has 0 atom stereocenters. The number of nitro groups is 1. The molecule has 2 amide bonds. The van der Waals surface area contributed by atoms with Crippen molar-refractivity contribution >= 4 is 23.2 Å². The summed E-state index contributed by atoms with van der Waals surface area (Å²) in [6.45, 7) is 0. The Morgan fingerprint density at radius 2 is 1.52 bits per heavy atom. The molecule has 1 N–H and O–H groups in total. The summed E-state index contributed by atoms with van der Waals surface area (Å²) in [5.74, 6) is -0.510.